The van der Waals surface area contributed by atoms with Crippen LogP contribution in [0.3, 0.4) is 0 Å². The molecular weight excluding hydrogens is 569 g/mol. The minimum Gasteiger partial charge on any atom is -0.330 e. The molecule has 5 rings (SSSR count). The summed E-state index contributed by atoms with van der Waals surface area (Å²) in [6, 6.07) is 21.2. The Morgan fingerprint density at radius 3 is 2.40 bits per heavy atom. The van der Waals surface area contributed by atoms with E-state index in [4.69, 9.17) is 28.0 Å². The highest BCUT2D eigenvalue weighted by molar-refractivity contribution is 7.81. The van der Waals surface area contributed by atoms with Crippen molar-refractivity contribution in [3.05, 3.63) is 105 Å². The largest absolute Gasteiger partial charge is 0.330 e. The van der Waals surface area contributed by atoms with Crippen molar-refractivity contribution in [3.63, 3.8) is 0 Å². The van der Waals surface area contributed by atoms with Crippen LogP contribution in [0, 0.1) is 5.92 Å². The monoisotopic (exact) mass is 599 g/mol. The first kappa shape index (κ1) is 28.8. The van der Waals surface area contributed by atoms with Gasteiger partial charge in [-0.2, -0.15) is 0 Å². The molecule has 2 heterocycles. The molecule has 3 aromatic carbocycles. The zero-order valence-electron chi connectivity index (χ0n) is 22.1. The van der Waals surface area contributed by atoms with Gasteiger partial charge in [-0.3, -0.25) is 14.4 Å². The first-order valence-electron chi connectivity index (χ1n) is 13.2. The number of nitrogens with zero attached hydrogens (tertiary/aromatic N) is 2. The van der Waals surface area contributed by atoms with Gasteiger partial charge in [-0.05, 0) is 53.6 Å². The smallest absolute Gasteiger partial charge is 0.254 e. The van der Waals surface area contributed by atoms with Crippen LogP contribution < -0.4 is 5.48 Å². The standard InChI is InChI=1S/C30H31Cl2N3O4S/c1-40(38)34-15-13-20(14-16-34)18-35-28(25-12-11-22(31)17-26(25)32)27(23-9-5-6-10-24(23)30(35)37)29(36)33-39-19-21-7-3-2-4-8-21/h2-12,17,20,27-28H,13-16,18-19H2,1H3,(H,33,36)/t27-,28+,40?/m1/s1. The number of benzene rings is 3. The van der Waals surface area contributed by atoms with Crippen LogP contribution in [0.5, 0.6) is 0 Å². The zero-order valence-corrected chi connectivity index (χ0v) is 24.4. The van der Waals surface area contributed by atoms with Crippen molar-refractivity contribution in [2.24, 2.45) is 5.92 Å². The lowest BCUT2D eigenvalue weighted by Gasteiger charge is -2.44. The molecule has 1 N–H and O–H groups in total. The number of carbonyl (C=O) groups is 2. The summed E-state index contributed by atoms with van der Waals surface area (Å²) in [7, 11) is -1.03. The summed E-state index contributed by atoms with van der Waals surface area (Å²) < 4.78 is 13.9. The van der Waals surface area contributed by atoms with Gasteiger partial charge in [0.1, 0.15) is 0 Å². The zero-order chi connectivity index (χ0) is 28.2. The molecule has 0 saturated carbocycles. The first-order chi connectivity index (χ1) is 19.3. The van der Waals surface area contributed by atoms with Crippen LogP contribution in [0.15, 0.2) is 72.8 Å². The quantitative estimate of drug-likeness (QED) is 0.345. The van der Waals surface area contributed by atoms with Gasteiger partial charge in [-0.15, -0.1) is 0 Å². The molecule has 0 radical (unpaired) electrons. The van der Waals surface area contributed by atoms with Crippen LogP contribution in [-0.4, -0.2) is 51.1 Å². The number of fused-ring (bicyclic) bond motifs is 1. The van der Waals surface area contributed by atoms with E-state index in [1.807, 2.05) is 46.8 Å². The number of rotatable bonds is 8. The first-order valence-corrected chi connectivity index (χ1v) is 15.5. The van der Waals surface area contributed by atoms with Crippen molar-refractivity contribution < 1.29 is 18.6 Å². The molecule has 1 saturated heterocycles. The number of amides is 2. The molecule has 210 valence electrons. The predicted molar refractivity (Wildman–Crippen MR) is 157 cm³/mol. The van der Waals surface area contributed by atoms with Crippen molar-refractivity contribution in [3.8, 4) is 0 Å². The van der Waals surface area contributed by atoms with Crippen LogP contribution in [0.1, 0.15) is 51.8 Å². The Labute approximate surface area is 246 Å². The Hall–Kier alpha value is -2.75. The maximum atomic E-state index is 14.0. The van der Waals surface area contributed by atoms with Crippen molar-refractivity contribution in [2.45, 2.75) is 31.4 Å². The molecule has 10 heteroatoms. The van der Waals surface area contributed by atoms with Crippen LogP contribution in [0.25, 0.3) is 0 Å². The minimum atomic E-state index is -1.03. The molecule has 2 aliphatic rings. The van der Waals surface area contributed by atoms with E-state index in [9.17, 15) is 13.8 Å². The Morgan fingerprint density at radius 1 is 1.00 bits per heavy atom. The molecule has 0 spiro atoms. The highest BCUT2D eigenvalue weighted by Gasteiger charge is 2.45. The highest BCUT2D eigenvalue weighted by Crippen LogP contribution is 2.46. The Bertz CT molecular complexity index is 1400. The van der Waals surface area contributed by atoms with Gasteiger partial charge >= 0.3 is 0 Å². The lowest BCUT2D eigenvalue weighted by atomic mass is 9.78. The SMILES string of the molecule is CS(=O)N1CCC(CN2C(=O)c3ccccc3[C@@H](C(=O)NOCc3ccccc3)[C@@H]2c2ccc(Cl)cc2Cl)CC1. The third-order valence-corrected chi connectivity index (χ3v) is 9.30. The van der Waals surface area contributed by atoms with Gasteiger partial charge in [0.05, 0.1) is 29.6 Å². The lowest BCUT2D eigenvalue weighted by molar-refractivity contribution is -0.138. The van der Waals surface area contributed by atoms with Gasteiger partial charge in [-0.1, -0.05) is 77.8 Å². The summed E-state index contributed by atoms with van der Waals surface area (Å²) in [5.41, 5.74) is 5.31. The van der Waals surface area contributed by atoms with Crippen molar-refractivity contribution in [2.75, 3.05) is 25.9 Å². The van der Waals surface area contributed by atoms with Crippen LogP contribution in [0.4, 0.5) is 0 Å². The van der Waals surface area contributed by atoms with E-state index in [-0.39, 0.29) is 24.3 Å². The third kappa shape index (κ3) is 6.26. The van der Waals surface area contributed by atoms with E-state index >= 15 is 0 Å². The van der Waals surface area contributed by atoms with Gasteiger partial charge < -0.3 is 4.90 Å². The molecule has 0 aliphatic carbocycles. The second-order valence-corrected chi connectivity index (χ2v) is 12.4. The Balaban J connectivity index is 1.49. The average Bonchev–Trinajstić information content (AvgIpc) is 2.95. The topological polar surface area (TPSA) is 79.0 Å². The van der Waals surface area contributed by atoms with Gasteiger partial charge in [0.15, 0.2) is 0 Å². The number of nitrogens with one attached hydrogen (secondary N) is 1. The molecule has 40 heavy (non-hydrogen) atoms. The summed E-state index contributed by atoms with van der Waals surface area (Å²) in [5.74, 6) is -1.11. The van der Waals surface area contributed by atoms with Gasteiger partial charge in [0.2, 0.25) is 0 Å². The fraction of sp³-hybridized carbons (Fsp3) is 0.333. The maximum Gasteiger partial charge on any atom is 0.254 e. The fourth-order valence-electron chi connectivity index (χ4n) is 5.62. The van der Waals surface area contributed by atoms with E-state index in [2.05, 4.69) is 5.48 Å². The summed E-state index contributed by atoms with van der Waals surface area (Å²) in [6.07, 6.45) is 3.28. The van der Waals surface area contributed by atoms with E-state index in [0.717, 1.165) is 18.4 Å². The molecule has 0 aromatic heterocycles. The van der Waals surface area contributed by atoms with E-state index < -0.39 is 22.9 Å². The number of hydrogen-bond donors (Lipinski definition) is 1. The van der Waals surface area contributed by atoms with E-state index in [1.54, 1.807) is 41.5 Å². The normalized spacial score (nSPS) is 20.7. The molecule has 2 aliphatic heterocycles. The molecule has 1 unspecified atom stereocenters. The number of piperidine rings is 1. The lowest BCUT2D eigenvalue weighted by Crippen LogP contribution is -2.50. The molecule has 0 bridgehead atoms. The van der Waals surface area contributed by atoms with Crippen LogP contribution in [0.2, 0.25) is 10.0 Å². The van der Waals surface area contributed by atoms with Gasteiger partial charge in [0, 0.05) is 41.5 Å². The molecule has 2 amide bonds. The number of carbonyl (C=O) groups excluding carboxylic acids is 2. The summed E-state index contributed by atoms with van der Waals surface area (Å²) in [5, 5.41) is 0.851. The Kier molecular flexibility index (Phi) is 9.23. The molecule has 1 fully saturated rings. The summed E-state index contributed by atoms with van der Waals surface area (Å²) >= 11 is 13.0. The second kappa shape index (κ2) is 12.8. The van der Waals surface area contributed by atoms with Crippen molar-refractivity contribution in [1.82, 2.24) is 14.7 Å². The van der Waals surface area contributed by atoms with Crippen molar-refractivity contribution in [1.29, 1.82) is 0 Å². The maximum absolute atomic E-state index is 14.0. The van der Waals surface area contributed by atoms with Crippen molar-refractivity contribution >= 4 is 46.0 Å². The number of hydrogen-bond acceptors (Lipinski definition) is 4. The minimum absolute atomic E-state index is 0.151. The summed E-state index contributed by atoms with van der Waals surface area (Å²) in [4.78, 5) is 35.3. The average molecular weight is 601 g/mol. The Morgan fingerprint density at radius 2 is 1.70 bits per heavy atom. The molecule has 7 nitrogen and oxygen atoms in total. The summed E-state index contributed by atoms with van der Waals surface area (Å²) in [6.45, 7) is 2.02. The van der Waals surface area contributed by atoms with E-state index in [0.29, 0.717) is 46.4 Å². The number of halogens is 2. The third-order valence-electron chi connectivity index (χ3n) is 7.65. The van der Waals surface area contributed by atoms with Gasteiger partial charge in [0.25, 0.3) is 11.8 Å². The number of hydroxylamine groups is 1. The fourth-order valence-corrected chi connectivity index (χ4v) is 6.86. The molecular formula is C30H31Cl2N3O4S. The predicted octanol–water partition coefficient (Wildman–Crippen LogP) is 5.53. The van der Waals surface area contributed by atoms with E-state index in [1.165, 1.54) is 0 Å². The van der Waals surface area contributed by atoms with Gasteiger partial charge in [-0.25, -0.2) is 14.0 Å². The van der Waals surface area contributed by atoms with Crippen LogP contribution in [-0.2, 0) is 27.2 Å². The second-order valence-electron chi connectivity index (χ2n) is 10.2. The highest BCUT2D eigenvalue weighted by atomic mass is 35.5. The molecule has 3 atom stereocenters. The van der Waals surface area contributed by atoms with Crippen LogP contribution >= 0.6 is 23.2 Å². The molecule has 3 aromatic rings.